The number of rotatable bonds is 7. The number of thiophene rings is 1. The van der Waals surface area contributed by atoms with E-state index in [1.54, 1.807) is 18.4 Å². The molecule has 0 unspecified atom stereocenters. The molecule has 0 N–H and O–H groups in total. The van der Waals surface area contributed by atoms with Gasteiger partial charge in [-0.05, 0) is 53.6 Å². The van der Waals surface area contributed by atoms with Gasteiger partial charge in [0.15, 0.2) is 0 Å². The van der Waals surface area contributed by atoms with E-state index in [2.05, 4.69) is 47.8 Å². The van der Waals surface area contributed by atoms with Crippen LogP contribution in [0.15, 0.2) is 66.0 Å². The Hall–Kier alpha value is -2.26. The molecule has 0 fully saturated rings. The highest BCUT2D eigenvalue weighted by Gasteiger charge is 2.05. The van der Waals surface area contributed by atoms with Gasteiger partial charge in [-0.1, -0.05) is 36.4 Å². The molecule has 0 aliphatic carbocycles. The van der Waals surface area contributed by atoms with Crippen LogP contribution in [0.2, 0.25) is 0 Å². The molecule has 23 heavy (non-hydrogen) atoms. The van der Waals surface area contributed by atoms with Crippen molar-refractivity contribution in [3.05, 3.63) is 82.0 Å². The Morgan fingerprint density at radius 2 is 1.83 bits per heavy atom. The number of methoxy groups -OCH3 is 1. The van der Waals surface area contributed by atoms with E-state index in [1.165, 1.54) is 16.0 Å². The first-order valence-corrected chi connectivity index (χ1v) is 8.59. The largest absolute Gasteiger partial charge is 0.497 e. The summed E-state index contributed by atoms with van der Waals surface area (Å²) in [6, 6.07) is 20.7. The number of benzene rings is 2. The Bertz CT molecular complexity index is 735. The molecule has 3 rings (SSSR count). The van der Waals surface area contributed by atoms with Crippen LogP contribution in [0.25, 0.3) is 0 Å². The van der Waals surface area contributed by atoms with E-state index in [0.717, 1.165) is 24.3 Å². The Kier molecular flexibility index (Phi) is 5.33. The lowest BCUT2D eigenvalue weighted by molar-refractivity contribution is 0.306. The summed E-state index contributed by atoms with van der Waals surface area (Å²) < 4.78 is 11.3. The summed E-state index contributed by atoms with van der Waals surface area (Å²) in [6.45, 7) is 0.633. The summed E-state index contributed by atoms with van der Waals surface area (Å²) in [7, 11) is 1.70. The molecule has 2 aromatic carbocycles. The van der Waals surface area contributed by atoms with Gasteiger partial charge in [-0.2, -0.15) is 0 Å². The van der Waals surface area contributed by atoms with Crippen molar-refractivity contribution in [1.82, 2.24) is 0 Å². The van der Waals surface area contributed by atoms with Crippen LogP contribution >= 0.6 is 11.3 Å². The lowest BCUT2D eigenvalue weighted by Gasteiger charge is -2.11. The minimum atomic E-state index is 0.633. The van der Waals surface area contributed by atoms with E-state index in [9.17, 15) is 0 Å². The third kappa shape index (κ3) is 4.36. The molecule has 0 bridgehead atoms. The second kappa shape index (κ2) is 7.84. The molecule has 3 aromatic rings. The number of ether oxygens (including phenoxy) is 2. The highest BCUT2D eigenvalue weighted by Crippen LogP contribution is 2.23. The van der Waals surface area contributed by atoms with Crippen molar-refractivity contribution in [2.45, 2.75) is 19.4 Å². The summed E-state index contributed by atoms with van der Waals surface area (Å²) >= 11 is 1.72. The van der Waals surface area contributed by atoms with Crippen molar-refractivity contribution < 1.29 is 9.47 Å². The fourth-order valence-corrected chi connectivity index (χ4v) is 3.12. The minimum absolute atomic E-state index is 0.633. The molecule has 0 spiro atoms. The summed E-state index contributed by atoms with van der Waals surface area (Å²) in [5, 5.41) is 2.08. The number of aryl methyl sites for hydroxylation is 2. The summed E-state index contributed by atoms with van der Waals surface area (Å²) in [5.41, 5.74) is 2.52. The molecule has 0 aliphatic heterocycles. The topological polar surface area (TPSA) is 18.5 Å². The minimum Gasteiger partial charge on any atom is -0.497 e. The van der Waals surface area contributed by atoms with Gasteiger partial charge in [0.05, 0.1) is 7.11 Å². The van der Waals surface area contributed by atoms with E-state index in [4.69, 9.17) is 9.47 Å². The van der Waals surface area contributed by atoms with Crippen LogP contribution in [0, 0.1) is 0 Å². The van der Waals surface area contributed by atoms with Gasteiger partial charge >= 0.3 is 0 Å². The molecule has 0 amide bonds. The standard InChI is InChI=1S/C20H20O2S/c1-21-18-8-4-6-16(14-18)11-12-17-7-2-3-10-20(17)22-15-19-9-5-13-23-19/h2-10,13-14H,11-12,15H2,1H3. The Labute approximate surface area is 141 Å². The molecular formula is C20H20O2S. The van der Waals surface area contributed by atoms with Crippen LogP contribution in [0.1, 0.15) is 16.0 Å². The number of hydrogen-bond acceptors (Lipinski definition) is 3. The van der Waals surface area contributed by atoms with Gasteiger partial charge in [-0.3, -0.25) is 0 Å². The number of para-hydroxylation sites is 1. The van der Waals surface area contributed by atoms with E-state index < -0.39 is 0 Å². The van der Waals surface area contributed by atoms with Gasteiger partial charge in [0, 0.05) is 4.88 Å². The van der Waals surface area contributed by atoms with Crippen LogP contribution in [0.3, 0.4) is 0 Å². The van der Waals surface area contributed by atoms with Crippen molar-refractivity contribution >= 4 is 11.3 Å². The van der Waals surface area contributed by atoms with Crippen molar-refractivity contribution in [2.24, 2.45) is 0 Å². The molecule has 2 nitrogen and oxygen atoms in total. The zero-order valence-corrected chi connectivity index (χ0v) is 14.0. The Balaban J connectivity index is 1.65. The fourth-order valence-electron chi connectivity index (χ4n) is 2.50. The SMILES string of the molecule is COc1cccc(CCc2ccccc2OCc2cccs2)c1. The maximum Gasteiger partial charge on any atom is 0.123 e. The van der Waals surface area contributed by atoms with Crippen molar-refractivity contribution in [3.63, 3.8) is 0 Å². The van der Waals surface area contributed by atoms with Crippen molar-refractivity contribution in [3.8, 4) is 11.5 Å². The van der Waals surface area contributed by atoms with Crippen LogP contribution in [0.4, 0.5) is 0 Å². The third-order valence-corrected chi connectivity index (χ3v) is 4.59. The van der Waals surface area contributed by atoms with Crippen molar-refractivity contribution in [2.75, 3.05) is 7.11 Å². The van der Waals surface area contributed by atoms with Crippen LogP contribution in [-0.4, -0.2) is 7.11 Å². The fraction of sp³-hybridized carbons (Fsp3) is 0.200. The zero-order chi connectivity index (χ0) is 15.9. The molecule has 0 radical (unpaired) electrons. The zero-order valence-electron chi connectivity index (χ0n) is 13.2. The molecule has 1 aromatic heterocycles. The van der Waals surface area contributed by atoms with E-state index in [1.807, 2.05) is 18.2 Å². The predicted molar refractivity (Wildman–Crippen MR) is 95.5 cm³/mol. The van der Waals surface area contributed by atoms with Crippen LogP contribution < -0.4 is 9.47 Å². The maximum absolute atomic E-state index is 6.00. The first-order chi connectivity index (χ1) is 11.3. The van der Waals surface area contributed by atoms with Gasteiger partial charge in [0.2, 0.25) is 0 Å². The quantitative estimate of drug-likeness (QED) is 0.600. The average Bonchev–Trinajstić information content (AvgIpc) is 3.12. The first kappa shape index (κ1) is 15.6. The normalized spacial score (nSPS) is 10.5. The molecule has 0 atom stereocenters. The smallest absolute Gasteiger partial charge is 0.123 e. The maximum atomic E-state index is 6.00. The second-order valence-electron chi connectivity index (χ2n) is 5.33. The van der Waals surface area contributed by atoms with E-state index >= 15 is 0 Å². The number of hydrogen-bond donors (Lipinski definition) is 0. The highest BCUT2D eigenvalue weighted by molar-refractivity contribution is 7.09. The molecular weight excluding hydrogens is 304 g/mol. The van der Waals surface area contributed by atoms with Crippen molar-refractivity contribution in [1.29, 1.82) is 0 Å². The average molecular weight is 324 g/mol. The third-order valence-electron chi connectivity index (χ3n) is 3.74. The molecule has 3 heteroatoms. The molecule has 118 valence electrons. The van der Waals surface area contributed by atoms with Gasteiger partial charge in [0.25, 0.3) is 0 Å². The van der Waals surface area contributed by atoms with Crippen LogP contribution in [0.5, 0.6) is 11.5 Å². The summed E-state index contributed by atoms with van der Waals surface area (Å²) in [6.07, 6.45) is 1.92. The van der Waals surface area contributed by atoms with Gasteiger partial charge in [0.1, 0.15) is 18.1 Å². The van der Waals surface area contributed by atoms with Crippen LogP contribution in [-0.2, 0) is 19.4 Å². The monoisotopic (exact) mass is 324 g/mol. The molecule has 0 saturated carbocycles. The lowest BCUT2D eigenvalue weighted by atomic mass is 10.0. The van der Waals surface area contributed by atoms with E-state index in [-0.39, 0.29) is 0 Å². The van der Waals surface area contributed by atoms with E-state index in [0.29, 0.717) is 6.61 Å². The van der Waals surface area contributed by atoms with Gasteiger partial charge in [-0.25, -0.2) is 0 Å². The summed E-state index contributed by atoms with van der Waals surface area (Å²) in [5.74, 6) is 1.88. The lowest BCUT2D eigenvalue weighted by Crippen LogP contribution is -1.99. The molecule has 0 aliphatic rings. The Morgan fingerprint density at radius 3 is 2.65 bits per heavy atom. The predicted octanol–water partition coefficient (Wildman–Crippen LogP) is 5.12. The van der Waals surface area contributed by atoms with Gasteiger partial charge in [-0.15, -0.1) is 11.3 Å². The summed E-state index contributed by atoms with van der Waals surface area (Å²) in [4.78, 5) is 1.24. The molecule has 0 saturated heterocycles. The van der Waals surface area contributed by atoms with Gasteiger partial charge < -0.3 is 9.47 Å². The highest BCUT2D eigenvalue weighted by atomic mass is 32.1. The first-order valence-electron chi connectivity index (χ1n) is 7.71. The second-order valence-corrected chi connectivity index (χ2v) is 6.36. The molecule has 1 heterocycles. The Morgan fingerprint density at radius 1 is 0.913 bits per heavy atom.